The van der Waals surface area contributed by atoms with Crippen molar-refractivity contribution < 1.29 is 14.0 Å². The molecule has 0 heterocycles. The Bertz CT molecular complexity index is 1090. The molecule has 112 valence electrons. The van der Waals surface area contributed by atoms with Gasteiger partial charge < -0.3 is 0 Å². The monoisotopic (exact) mass is 321 g/mol. The molecule has 0 aromatic heterocycles. The highest BCUT2D eigenvalue weighted by Gasteiger charge is 2.16. The maximum Gasteiger partial charge on any atom is 0.747 e. The molecule has 1 atom stereocenters. The summed E-state index contributed by atoms with van der Waals surface area (Å²) in [6.45, 7) is 0. The Morgan fingerprint density at radius 2 is 1.91 bits per heavy atom. The van der Waals surface area contributed by atoms with Crippen molar-refractivity contribution in [1.29, 1.82) is 0 Å². The first kappa shape index (κ1) is 14.1. The highest BCUT2D eigenvalue weighted by molar-refractivity contribution is 7.32. The minimum atomic E-state index is -2.66. The molecule has 0 spiro atoms. The number of fused-ring (bicyclic) bond motifs is 3. The summed E-state index contributed by atoms with van der Waals surface area (Å²) in [6, 6.07) is 13.8. The fourth-order valence-electron chi connectivity index (χ4n) is 3.17. The Morgan fingerprint density at radius 3 is 2.78 bits per heavy atom. The maximum absolute atomic E-state index is 11.0. The highest BCUT2D eigenvalue weighted by atomic mass is 31.1. The smallest absolute Gasteiger partial charge is 0.229 e. The van der Waals surface area contributed by atoms with Gasteiger partial charge in [0, 0.05) is 4.57 Å². The van der Waals surface area contributed by atoms with Crippen molar-refractivity contribution in [3.63, 3.8) is 0 Å². The summed E-state index contributed by atoms with van der Waals surface area (Å²) in [6.07, 6.45) is 9.31. The molecular formula is C19H14O3P+. The number of hydrogen-bond acceptors (Lipinski definition) is 2. The lowest BCUT2D eigenvalue weighted by atomic mass is 9.95. The van der Waals surface area contributed by atoms with Gasteiger partial charge in [0.15, 0.2) is 5.75 Å². The van der Waals surface area contributed by atoms with Crippen molar-refractivity contribution >= 4 is 19.9 Å². The van der Waals surface area contributed by atoms with Crippen molar-refractivity contribution in [1.82, 2.24) is 0 Å². The van der Waals surface area contributed by atoms with Crippen LogP contribution in [0.4, 0.5) is 0 Å². The summed E-state index contributed by atoms with van der Waals surface area (Å²) in [4.78, 5) is 9.01. The molecule has 0 fully saturated rings. The normalized spacial score (nSPS) is 15.4. The molecule has 2 aliphatic carbocycles. The molecule has 2 aromatic rings. The second kappa shape index (κ2) is 5.62. The van der Waals surface area contributed by atoms with Gasteiger partial charge >= 0.3 is 8.25 Å². The van der Waals surface area contributed by atoms with Crippen LogP contribution in [0.3, 0.4) is 0 Å². The van der Waals surface area contributed by atoms with Gasteiger partial charge in [-0.2, -0.15) is 0 Å². The fourth-order valence-corrected chi connectivity index (χ4v) is 3.46. The van der Waals surface area contributed by atoms with Gasteiger partial charge in [-0.1, -0.05) is 42.5 Å². The van der Waals surface area contributed by atoms with Crippen molar-refractivity contribution in [2.45, 2.75) is 6.42 Å². The van der Waals surface area contributed by atoms with Crippen LogP contribution in [0.1, 0.15) is 6.42 Å². The highest BCUT2D eigenvalue weighted by Crippen LogP contribution is 2.25. The largest absolute Gasteiger partial charge is 0.747 e. The van der Waals surface area contributed by atoms with E-state index < -0.39 is 8.25 Å². The summed E-state index contributed by atoms with van der Waals surface area (Å²) >= 11 is 0. The van der Waals surface area contributed by atoms with E-state index in [0.717, 1.165) is 22.1 Å². The summed E-state index contributed by atoms with van der Waals surface area (Å²) < 4.78 is 16.0. The van der Waals surface area contributed by atoms with Crippen LogP contribution < -0.4 is 15.0 Å². The van der Waals surface area contributed by atoms with E-state index in [2.05, 4.69) is 36.4 Å². The van der Waals surface area contributed by atoms with Gasteiger partial charge in [0.2, 0.25) is 0 Å². The molecule has 0 bridgehead atoms. The third kappa shape index (κ3) is 2.55. The lowest BCUT2D eigenvalue weighted by Gasteiger charge is -2.09. The lowest BCUT2D eigenvalue weighted by Crippen LogP contribution is -2.10. The molecule has 1 N–H and O–H groups in total. The van der Waals surface area contributed by atoms with E-state index in [9.17, 15) is 4.57 Å². The number of benzene rings is 2. The minimum absolute atomic E-state index is 0.410. The Labute approximate surface area is 133 Å². The zero-order valence-electron chi connectivity index (χ0n) is 12.3. The third-order valence-corrected chi connectivity index (χ3v) is 4.51. The molecule has 23 heavy (non-hydrogen) atoms. The van der Waals surface area contributed by atoms with E-state index in [-0.39, 0.29) is 0 Å². The summed E-state index contributed by atoms with van der Waals surface area (Å²) in [7, 11) is -2.66. The molecule has 2 aliphatic rings. The first-order chi connectivity index (χ1) is 11.2. The molecule has 0 amide bonds. The van der Waals surface area contributed by atoms with Gasteiger partial charge in [-0.15, -0.1) is 4.89 Å². The first-order valence-corrected chi connectivity index (χ1v) is 8.51. The quantitative estimate of drug-likeness (QED) is 0.865. The van der Waals surface area contributed by atoms with Crippen molar-refractivity contribution in [3.8, 4) is 5.75 Å². The molecule has 0 saturated heterocycles. The molecule has 1 unspecified atom stereocenters. The molecule has 4 rings (SSSR count). The Balaban J connectivity index is 2.19. The topological polar surface area (TPSA) is 46.5 Å². The standard InChI is InChI=1S/C19H13O3P/c20-23(21)22-15-9-10-18-16-7-3-1-5-13(16)11-14-6-2-4-8-17(14)19(18)12-15/h1-7,9-12H,8H2/p+1. The summed E-state index contributed by atoms with van der Waals surface area (Å²) in [5.41, 5.74) is 2.38. The number of hydrogen-bond donors (Lipinski definition) is 1. The second-order valence-electron chi connectivity index (χ2n) is 5.50. The van der Waals surface area contributed by atoms with E-state index in [0.29, 0.717) is 5.75 Å². The van der Waals surface area contributed by atoms with Crippen LogP contribution >= 0.6 is 8.25 Å². The lowest BCUT2D eigenvalue weighted by molar-refractivity contribution is 0.410. The fraction of sp³-hybridized carbons (Fsp3) is 0.0526. The van der Waals surface area contributed by atoms with Gasteiger partial charge in [0.25, 0.3) is 0 Å². The van der Waals surface area contributed by atoms with Gasteiger partial charge in [0.05, 0.1) is 0 Å². The van der Waals surface area contributed by atoms with E-state index >= 15 is 0 Å². The van der Waals surface area contributed by atoms with Crippen molar-refractivity contribution in [2.75, 3.05) is 0 Å². The SMILES string of the molecule is O=[P+](O)Oc1ccc2c(c1)=C1CC=CC=C1C=c1ccccc1=2. The Kier molecular flexibility index (Phi) is 3.45. The molecule has 3 nitrogen and oxygen atoms in total. The summed E-state index contributed by atoms with van der Waals surface area (Å²) in [5, 5.41) is 4.50. The van der Waals surface area contributed by atoms with Gasteiger partial charge in [-0.25, -0.2) is 4.52 Å². The molecule has 0 saturated carbocycles. The average Bonchev–Trinajstić information content (AvgIpc) is 2.69. The third-order valence-electron chi connectivity index (χ3n) is 4.14. The minimum Gasteiger partial charge on any atom is -0.229 e. The number of rotatable bonds is 2. The van der Waals surface area contributed by atoms with Crippen LogP contribution in [0.15, 0.2) is 66.3 Å². The van der Waals surface area contributed by atoms with Crippen LogP contribution in [0, 0.1) is 10.4 Å². The van der Waals surface area contributed by atoms with Crippen LogP contribution in [0.25, 0.3) is 11.6 Å². The Morgan fingerprint density at radius 1 is 1.04 bits per heavy atom. The van der Waals surface area contributed by atoms with Gasteiger partial charge in [-0.3, -0.25) is 0 Å². The van der Waals surface area contributed by atoms with Crippen LogP contribution in [0.5, 0.6) is 5.75 Å². The van der Waals surface area contributed by atoms with Crippen LogP contribution in [0.2, 0.25) is 0 Å². The average molecular weight is 321 g/mol. The van der Waals surface area contributed by atoms with E-state index in [1.54, 1.807) is 6.07 Å². The first-order valence-electron chi connectivity index (χ1n) is 7.38. The molecule has 0 radical (unpaired) electrons. The molecule has 0 aliphatic heterocycles. The zero-order valence-corrected chi connectivity index (χ0v) is 13.2. The van der Waals surface area contributed by atoms with Crippen molar-refractivity contribution in [2.24, 2.45) is 0 Å². The molecular weight excluding hydrogens is 307 g/mol. The maximum atomic E-state index is 11.0. The van der Waals surface area contributed by atoms with Crippen molar-refractivity contribution in [3.05, 3.63) is 87.1 Å². The van der Waals surface area contributed by atoms with E-state index in [1.165, 1.54) is 16.4 Å². The summed E-state index contributed by atoms with van der Waals surface area (Å²) in [5.74, 6) is 0.410. The second-order valence-corrected chi connectivity index (χ2v) is 6.16. The molecule has 4 heteroatoms. The van der Waals surface area contributed by atoms with Crippen LogP contribution in [-0.4, -0.2) is 4.89 Å². The van der Waals surface area contributed by atoms with Gasteiger partial charge in [-0.05, 0) is 62.7 Å². The van der Waals surface area contributed by atoms with Crippen LogP contribution in [-0.2, 0) is 4.57 Å². The number of allylic oxidation sites excluding steroid dienone is 4. The molecule has 2 aromatic carbocycles. The van der Waals surface area contributed by atoms with E-state index in [1.807, 2.05) is 24.3 Å². The van der Waals surface area contributed by atoms with E-state index in [4.69, 9.17) is 9.42 Å². The zero-order chi connectivity index (χ0) is 15.8. The predicted octanol–water partition coefficient (Wildman–Crippen LogP) is 2.83. The van der Waals surface area contributed by atoms with Gasteiger partial charge in [0.1, 0.15) is 0 Å². The Hall–Kier alpha value is -2.48. The predicted molar refractivity (Wildman–Crippen MR) is 90.0 cm³/mol.